The standard InChI is InChI=1S/C15H16O/c1-15-10-3-2-5-11(15)8-9-12-13(15)6-4-7-14(12)16/h4,6-9H,2-3,5,10H2,1H3. The van der Waals surface area contributed by atoms with Crippen LogP contribution in [0.3, 0.4) is 0 Å². The van der Waals surface area contributed by atoms with E-state index in [1.165, 1.54) is 36.8 Å². The Labute approximate surface area is 96.2 Å². The minimum Gasteiger partial charge on any atom is -0.289 e. The Morgan fingerprint density at radius 3 is 2.94 bits per heavy atom. The molecule has 1 nitrogen and oxygen atoms in total. The van der Waals surface area contributed by atoms with Crippen LogP contribution in [0.25, 0.3) is 0 Å². The lowest BCUT2D eigenvalue weighted by Gasteiger charge is -2.42. The van der Waals surface area contributed by atoms with Gasteiger partial charge in [-0.2, -0.15) is 0 Å². The van der Waals surface area contributed by atoms with Crippen molar-refractivity contribution in [2.75, 3.05) is 0 Å². The van der Waals surface area contributed by atoms with E-state index in [2.05, 4.69) is 19.1 Å². The van der Waals surface area contributed by atoms with Crippen molar-refractivity contribution in [2.24, 2.45) is 5.41 Å². The molecule has 1 atom stereocenters. The van der Waals surface area contributed by atoms with Gasteiger partial charge in [-0.05, 0) is 30.9 Å². The first kappa shape index (κ1) is 9.83. The van der Waals surface area contributed by atoms with E-state index in [4.69, 9.17) is 0 Å². The van der Waals surface area contributed by atoms with Crippen LogP contribution in [-0.4, -0.2) is 5.78 Å². The van der Waals surface area contributed by atoms with Gasteiger partial charge in [-0.15, -0.1) is 0 Å². The molecule has 0 saturated heterocycles. The molecule has 3 rings (SSSR count). The molecule has 0 aliphatic heterocycles. The number of allylic oxidation sites excluding steroid dienone is 8. The van der Waals surface area contributed by atoms with E-state index in [-0.39, 0.29) is 11.2 Å². The van der Waals surface area contributed by atoms with E-state index in [1.54, 1.807) is 6.08 Å². The van der Waals surface area contributed by atoms with Crippen LogP contribution in [0.15, 0.2) is 47.1 Å². The normalized spacial score (nSPS) is 32.3. The van der Waals surface area contributed by atoms with Crippen molar-refractivity contribution in [3.8, 4) is 0 Å². The fourth-order valence-corrected chi connectivity index (χ4v) is 3.19. The second kappa shape index (κ2) is 3.31. The summed E-state index contributed by atoms with van der Waals surface area (Å²) in [6.45, 7) is 2.29. The quantitative estimate of drug-likeness (QED) is 0.600. The van der Waals surface area contributed by atoms with Gasteiger partial charge in [0.25, 0.3) is 0 Å². The molecule has 0 bridgehead atoms. The van der Waals surface area contributed by atoms with Gasteiger partial charge in [0.1, 0.15) is 0 Å². The first-order chi connectivity index (χ1) is 7.72. The maximum absolute atomic E-state index is 11.8. The Morgan fingerprint density at radius 1 is 1.19 bits per heavy atom. The third-order valence-corrected chi connectivity index (χ3v) is 4.19. The summed E-state index contributed by atoms with van der Waals surface area (Å²) in [5.41, 5.74) is 3.80. The highest BCUT2D eigenvalue weighted by Crippen LogP contribution is 2.51. The fourth-order valence-electron chi connectivity index (χ4n) is 3.19. The first-order valence-electron chi connectivity index (χ1n) is 6.07. The van der Waals surface area contributed by atoms with Crippen LogP contribution in [0.1, 0.15) is 32.6 Å². The lowest BCUT2D eigenvalue weighted by Crippen LogP contribution is -2.31. The van der Waals surface area contributed by atoms with Gasteiger partial charge >= 0.3 is 0 Å². The zero-order chi connectivity index (χ0) is 11.2. The van der Waals surface area contributed by atoms with Crippen molar-refractivity contribution in [3.05, 3.63) is 47.1 Å². The fraction of sp³-hybridized carbons (Fsp3) is 0.400. The molecule has 0 aromatic rings. The molecule has 1 fully saturated rings. The van der Waals surface area contributed by atoms with Crippen molar-refractivity contribution >= 4 is 5.78 Å². The van der Waals surface area contributed by atoms with Crippen molar-refractivity contribution in [2.45, 2.75) is 32.6 Å². The number of carbonyl (C=O) groups is 1. The molecule has 0 aromatic heterocycles. The molecule has 1 heteroatoms. The van der Waals surface area contributed by atoms with Crippen LogP contribution in [-0.2, 0) is 4.79 Å². The lowest BCUT2D eigenvalue weighted by molar-refractivity contribution is -0.111. The molecule has 0 N–H and O–H groups in total. The van der Waals surface area contributed by atoms with E-state index in [9.17, 15) is 4.79 Å². The lowest BCUT2D eigenvalue weighted by atomic mass is 9.62. The second-order valence-corrected chi connectivity index (χ2v) is 5.12. The molecule has 0 spiro atoms. The Morgan fingerprint density at radius 2 is 2.06 bits per heavy atom. The zero-order valence-corrected chi connectivity index (χ0v) is 9.62. The number of hydrogen-bond acceptors (Lipinski definition) is 1. The predicted molar refractivity (Wildman–Crippen MR) is 65.0 cm³/mol. The van der Waals surface area contributed by atoms with Crippen LogP contribution >= 0.6 is 0 Å². The summed E-state index contributed by atoms with van der Waals surface area (Å²) in [6, 6.07) is 0. The minimum absolute atomic E-state index is 0.128. The topological polar surface area (TPSA) is 17.1 Å². The summed E-state index contributed by atoms with van der Waals surface area (Å²) in [4.78, 5) is 11.8. The predicted octanol–water partition coefficient (Wildman–Crippen LogP) is 3.50. The van der Waals surface area contributed by atoms with E-state index in [0.29, 0.717) is 0 Å². The molecule has 1 saturated carbocycles. The highest BCUT2D eigenvalue weighted by atomic mass is 16.1. The molecule has 1 unspecified atom stereocenters. The highest BCUT2D eigenvalue weighted by Gasteiger charge is 2.39. The van der Waals surface area contributed by atoms with Crippen molar-refractivity contribution in [1.82, 2.24) is 0 Å². The van der Waals surface area contributed by atoms with Crippen LogP contribution < -0.4 is 0 Å². The molecule has 16 heavy (non-hydrogen) atoms. The zero-order valence-electron chi connectivity index (χ0n) is 9.62. The minimum atomic E-state index is 0.128. The number of hydrogen-bond donors (Lipinski definition) is 0. The van der Waals surface area contributed by atoms with E-state index >= 15 is 0 Å². The summed E-state index contributed by atoms with van der Waals surface area (Å²) in [5, 5.41) is 0. The van der Waals surface area contributed by atoms with E-state index in [0.717, 1.165) is 5.57 Å². The molecule has 0 aromatic carbocycles. The SMILES string of the molecule is CC12CCCCC1=CC=C1C(=O)C=CC=C12. The van der Waals surface area contributed by atoms with Crippen molar-refractivity contribution < 1.29 is 4.79 Å². The Kier molecular flexibility index (Phi) is 2.03. The molecule has 0 heterocycles. The van der Waals surface area contributed by atoms with Gasteiger partial charge in [0, 0.05) is 11.0 Å². The first-order valence-corrected chi connectivity index (χ1v) is 6.07. The van der Waals surface area contributed by atoms with Gasteiger partial charge in [-0.3, -0.25) is 4.79 Å². The van der Waals surface area contributed by atoms with Crippen molar-refractivity contribution in [3.63, 3.8) is 0 Å². The van der Waals surface area contributed by atoms with Crippen LogP contribution in [0.2, 0.25) is 0 Å². The summed E-state index contributed by atoms with van der Waals surface area (Å²) in [5.74, 6) is 0.166. The van der Waals surface area contributed by atoms with Crippen LogP contribution in [0.5, 0.6) is 0 Å². The number of carbonyl (C=O) groups excluding carboxylic acids is 1. The third kappa shape index (κ3) is 1.21. The van der Waals surface area contributed by atoms with Gasteiger partial charge in [-0.1, -0.05) is 43.2 Å². The van der Waals surface area contributed by atoms with Crippen LogP contribution in [0, 0.1) is 5.41 Å². The number of fused-ring (bicyclic) bond motifs is 3. The summed E-state index contributed by atoms with van der Waals surface area (Å²) in [6.07, 6.45) is 14.8. The van der Waals surface area contributed by atoms with E-state index < -0.39 is 0 Å². The molecular weight excluding hydrogens is 196 g/mol. The molecule has 3 aliphatic carbocycles. The molecule has 3 aliphatic rings. The Balaban J connectivity index is 2.15. The van der Waals surface area contributed by atoms with E-state index in [1.807, 2.05) is 12.2 Å². The summed E-state index contributed by atoms with van der Waals surface area (Å²) < 4.78 is 0. The molecule has 0 amide bonds. The molecule has 82 valence electrons. The third-order valence-electron chi connectivity index (χ3n) is 4.19. The molecular formula is C15H16O. The largest absolute Gasteiger partial charge is 0.289 e. The molecule has 0 radical (unpaired) electrons. The number of rotatable bonds is 0. The summed E-state index contributed by atoms with van der Waals surface area (Å²) in [7, 11) is 0. The van der Waals surface area contributed by atoms with Gasteiger partial charge in [-0.25, -0.2) is 0 Å². The monoisotopic (exact) mass is 212 g/mol. The van der Waals surface area contributed by atoms with Gasteiger partial charge in [0.05, 0.1) is 0 Å². The summed E-state index contributed by atoms with van der Waals surface area (Å²) >= 11 is 0. The maximum Gasteiger partial charge on any atom is 0.186 e. The Bertz CT molecular complexity index is 474. The van der Waals surface area contributed by atoms with Gasteiger partial charge in [0.15, 0.2) is 5.78 Å². The average molecular weight is 212 g/mol. The Hall–Kier alpha value is -1.37. The average Bonchev–Trinajstić information content (AvgIpc) is 2.29. The van der Waals surface area contributed by atoms with Gasteiger partial charge < -0.3 is 0 Å². The highest BCUT2D eigenvalue weighted by molar-refractivity contribution is 6.09. The second-order valence-electron chi connectivity index (χ2n) is 5.12. The van der Waals surface area contributed by atoms with Gasteiger partial charge in [0.2, 0.25) is 0 Å². The maximum atomic E-state index is 11.8. The van der Waals surface area contributed by atoms with Crippen LogP contribution in [0.4, 0.5) is 0 Å². The van der Waals surface area contributed by atoms with Crippen molar-refractivity contribution in [1.29, 1.82) is 0 Å². The number of ketones is 1. The smallest absolute Gasteiger partial charge is 0.186 e.